The van der Waals surface area contributed by atoms with Crippen LogP contribution in [0.25, 0.3) is 10.9 Å². The van der Waals surface area contributed by atoms with Crippen molar-refractivity contribution >= 4 is 38.6 Å². The molecule has 6 nitrogen and oxygen atoms in total. The van der Waals surface area contributed by atoms with Crippen LogP contribution in [0.2, 0.25) is 0 Å². The molecule has 0 aliphatic heterocycles. The lowest BCUT2D eigenvalue weighted by Gasteiger charge is -2.05. The van der Waals surface area contributed by atoms with E-state index in [4.69, 9.17) is 4.42 Å². The maximum atomic E-state index is 12.1. The third-order valence-corrected chi connectivity index (χ3v) is 3.90. The Morgan fingerprint density at radius 3 is 2.52 bits per heavy atom. The number of rotatable bonds is 2. The number of hydrogen-bond acceptors (Lipinski definition) is 3. The summed E-state index contributed by atoms with van der Waals surface area (Å²) in [6.45, 7) is 3.45. The summed E-state index contributed by atoms with van der Waals surface area (Å²) in [4.78, 5) is 27.2. The van der Waals surface area contributed by atoms with Crippen molar-refractivity contribution in [3.05, 3.63) is 57.6 Å². The summed E-state index contributed by atoms with van der Waals surface area (Å²) in [6.07, 6.45) is 0. The number of nitrogens with one attached hydrogen (secondary N) is 3. The Labute approximate surface area is 140 Å². The molecule has 0 saturated heterocycles. The molecule has 2 amide bonds. The fraction of sp³-hybridized carbons (Fsp3) is 0.125. The molecule has 0 radical (unpaired) electrons. The lowest BCUT2D eigenvalue weighted by Crippen LogP contribution is -2.41. The zero-order valence-electron chi connectivity index (χ0n) is 12.5. The van der Waals surface area contributed by atoms with Crippen LogP contribution in [-0.2, 0) is 0 Å². The highest BCUT2D eigenvalue weighted by atomic mass is 79.9. The fourth-order valence-electron chi connectivity index (χ4n) is 2.33. The van der Waals surface area contributed by atoms with Gasteiger partial charge in [0.1, 0.15) is 17.2 Å². The third-order valence-electron chi connectivity index (χ3n) is 3.40. The van der Waals surface area contributed by atoms with Gasteiger partial charge in [-0.2, -0.15) is 0 Å². The third kappa shape index (κ3) is 3.14. The normalized spacial score (nSPS) is 10.7. The summed E-state index contributed by atoms with van der Waals surface area (Å²) in [5.74, 6) is 0.292. The van der Waals surface area contributed by atoms with Crippen molar-refractivity contribution < 1.29 is 14.0 Å². The monoisotopic (exact) mass is 375 g/mol. The van der Waals surface area contributed by atoms with Gasteiger partial charge in [0.05, 0.1) is 5.56 Å². The van der Waals surface area contributed by atoms with Gasteiger partial charge in [0, 0.05) is 15.4 Å². The van der Waals surface area contributed by atoms with Crippen LogP contribution in [0.5, 0.6) is 0 Å². The number of hydrazine groups is 1. The van der Waals surface area contributed by atoms with Crippen LogP contribution in [0.4, 0.5) is 0 Å². The molecular formula is C16H14BrN3O3. The van der Waals surface area contributed by atoms with Crippen LogP contribution in [0.15, 0.2) is 39.2 Å². The number of amides is 2. The van der Waals surface area contributed by atoms with E-state index in [1.54, 1.807) is 26.0 Å². The van der Waals surface area contributed by atoms with Gasteiger partial charge in [0.2, 0.25) is 0 Å². The second kappa shape index (κ2) is 5.92. The van der Waals surface area contributed by atoms with Crippen molar-refractivity contribution in [1.82, 2.24) is 15.8 Å². The molecule has 118 valence electrons. The first-order valence-electron chi connectivity index (χ1n) is 6.90. The minimum absolute atomic E-state index is 0.360. The Morgan fingerprint density at radius 1 is 1.09 bits per heavy atom. The molecule has 0 spiro atoms. The maximum Gasteiger partial charge on any atom is 0.286 e. The summed E-state index contributed by atoms with van der Waals surface area (Å²) >= 11 is 3.38. The molecule has 0 aliphatic rings. The quantitative estimate of drug-likeness (QED) is 0.601. The van der Waals surface area contributed by atoms with Crippen molar-refractivity contribution in [2.45, 2.75) is 13.8 Å². The molecule has 0 bridgehead atoms. The van der Waals surface area contributed by atoms with Gasteiger partial charge in [-0.15, -0.1) is 0 Å². The van der Waals surface area contributed by atoms with Crippen molar-refractivity contribution in [3.8, 4) is 0 Å². The van der Waals surface area contributed by atoms with E-state index in [0.717, 1.165) is 15.4 Å². The predicted octanol–water partition coefficient (Wildman–Crippen LogP) is 3.22. The van der Waals surface area contributed by atoms with Crippen molar-refractivity contribution in [2.24, 2.45) is 0 Å². The Bertz CT molecular complexity index is 911. The number of halogens is 1. The Balaban J connectivity index is 1.71. The Hall–Kier alpha value is -2.54. The first-order valence-corrected chi connectivity index (χ1v) is 7.69. The number of benzene rings is 1. The highest BCUT2D eigenvalue weighted by Crippen LogP contribution is 2.20. The number of aromatic nitrogens is 1. The van der Waals surface area contributed by atoms with E-state index < -0.39 is 11.8 Å². The number of fused-ring (bicyclic) bond motifs is 1. The summed E-state index contributed by atoms with van der Waals surface area (Å²) < 4.78 is 6.21. The van der Waals surface area contributed by atoms with Crippen LogP contribution in [0.3, 0.4) is 0 Å². The van der Waals surface area contributed by atoms with E-state index in [2.05, 4.69) is 31.8 Å². The van der Waals surface area contributed by atoms with Gasteiger partial charge in [-0.05, 0) is 38.1 Å². The van der Waals surface area contributed by atoms with E-state index in [-0.39, 0.29) is 0 Å². The van der Waals surface area contributed by atoms with Crippen LogP contribution >= 0.6 is 15.9 Å². The van der Waals surface area contributed by atoms with E-state index in [1.807, 2.05) is 18.2 Å². The van der Waals surface area contributed by atoms with Gasteiger partial charge in [-0.1, -0.05) is 22.0 Å². The lowest BCUT2D eigenvalue weighted by atomic mass is 10.2. The van der Waals surface area contributed by atoms with Crippen LogP contribution < -0.4 is 10.9 Å². The first kappa shape index (κ1) is 15.4. The summed E-state index contributed by atoms with van der Waals surface area (Å²) in [7, 11) is 0. The number of furan rings is 1. The fourth-order valence-corrected chi connectivity index (χ4v) is 2.69. The smallest absolute Gasteiger partial charge is 0.286 e. The number of hydrogen-bond donors (Lipinski definition) is 3. The van der Waals surface area contributed by atoms with Gasteiger partial charge in [-0.3, -0.25) is 20.4 Å². The van der Waals surface area contributed by atoms with Crippen molar-refractivity contribution in [3.63, 3.8) is 0 Å². The predicted molar refractivity (Wildman–Crippen MR) is 89.1 cm³/mol. The molecule has 0 unspecified atom stereocenters. The Morgan fingerprint density at radius 2 is 1.83 bits per heavy atom. The zero-order valence-corrected chi connectivity index (χ0v) is 14.1. The summed E-state index contributed by atoms with van der Waals surface area (Å²) in [5.41, 5.74) is 6.35. The van der Waals surface area contributed by atoms with E-state index in [1.165, 1.54) is 0 Å². The van der Waals surface area contributed by atoms with Crippen molar-refractivity contribution in [2.75, 3.05) is 0 Å². The average Bonchev–Trinajstić information content (AvgIpc) is 3.06. The van der Waals surface area contributed by atoms with E-state index in [0.29, 0.717) is 22.8 Å². The molecular weight excluding hydrogens is 362 g/mol. The molecule has 3 rings (SSSR count). The topological polar surface area (TPSA) is 87.1 Å². The average molecular weight is 376 g/mol. The van der Waals surface area contributed by atoms with Crippen molar-refractivity contribution in [1.29, 1.82) is 0 Å². The lowest BCUT2D eigenvalue weighted by molar-refractivity contribution is 0.0843. The standard InChI is InChI=1S/C16H14BrN3O3/c1-8-5-12(9(2)23-8)15(21)19-20-16(22)14-6-10-3-4-11(17)7-13(10)18-14/h3-7,18H,1-2H3,(H,19,21)(H,20,22). The van der Waals surface area contributed by atoms with Gasteiger partial charge in [-0.25, -0.2) is 0 Å². The number of carbonyl (C=O) groups excluding carboxylic acids is 2. The largest absolute Gasteiger partial charge is 0.466 e. The molecule has 7 heteroatoms. The SMILES string of the molecule is Cc1cc(C(=O)NNC(=O)c2cc3ccc(Br)cc3[nH]2)c(C)o1. The number of H-pyrrole nitrogens is 1. The Kier molecular flexibility index (Phi) is 3.96. The van der Waals surface area contributed by atoms with E-state index in [9.17, 15) is 9.59 Å². The first-order chi connectivity index (χ1) is 10.9. The second-order valence-corrected chi connectivity index (χ2v) is 6.07. The van der Waals surface area contributed by atoms with Gasteiger partial charge in [0.15, 0.2) is 0 Å². The second-order valence-electron chi connectivity index (χ2n) is 5.15. The molecule has 3 N–H and O–H groups in total. The van der Waals surface area contributed by atoms with Crippen LogP contribution in [0, 0.1) is 13.8 Å². The molecule has 0 saturated carbocycles. The highest BCUT2D eigenvalue weighted by molar-refractivity contribution is 9.10. The van der Waals surface area contributed by atoms with Gasteiger partial charge in [0.25, 0.3) is 11.8 Å². The minimum Gasteiger partial charge on any atom is -0.466 e. The summed E-state index contributed by atoms with van der Waals surface area (Å²) in [6, 6.07) is 9.00. The zero-order chi connectivity index (χ0) is 16.6. The van der Waals surface area contributed by atoms with Gasteiger partial charge >= 0.3 is 0 Å². The minimum atomic E-state index is -0.427. The molecule has 0 fully saturated rings. The molecule has 0 atom stereocenters. The molecule has 2 aromatic heterocycles. The van der Waals surface area contributed by atoms with E-state index >= 15 is 0 Å². The maximum absolute atomic E-state index is 12.1. The molecule has 23 heavy (non-hydrogen) atoms. The van der Waals surface area contributed by atoms with Gasteiger partial charge < -0.3 is 9.40 Å². The molecule has 1 aromatic carbocycles. The molecule has 2 heterocycles. The molecule has 3 aromatic rings. The summed E-state index contributed by atoms with van der Waals surface area (Å²) in [5, 5.41) is 0.908. The number of aryl methyl sites for hydroxylation is 2. The van der Waals surface area contributed by atoms with Crippen LogP contribution in [-0.4, -0.2) is 16.8 Å². The number of carbonyl (C=O) groups is 2. The molecule has 0 aliphatic carbocycles. The highest BCUT2D eigenvalue weighted by Gasteiger charge is 2.15. The van der Waals surface area contributed by atoms with Crippen LogP contribution in [0.1, 0.15) is 32.4 Å². The number of aromatic amines is 1.